The quantitative estimate of drug-likeness (QED) is 0.402. The Kier molecular flexibility index (Phi) is 7.97. The number of aromatic hydroxyl groups is 1. The van der Waals surface area contributed by atoms with Crippen LogP contribution >= 0.6 is 15.9 Å². The lowest BCUT2D eigenvalue weighted by Crippen LogP contribution is -2.36. The fourth-order valence-electron chi connectivity index (χ4n) is 5.06. The van der Waals surface area contributed by atoms with Gasteiger partial charge in [-0.1, -0.05) is 12.1 Å². The molecule has 0 radical (unpaired) electrons. The highest BCUT2D eigenvalue weighted by atomic mass is 79.9. The molecule has 196 valence electrons. The van der Waals surface area contributed by atoms with Gasteiger partial charge in [-0.05, 0) is 91.4 Å². The van der Waals surface area contributed by atoms with Gasteiger partial charge in [0.1, 0.15) is 5.75 Å². The summed E-state index contributed by atoms with van der Waals surface area (Å²) < 4.78 is 16.9. The highest BCUT2D eigenvalue weighted by Gasteiger charge is 2.42. The molecular formula is C29H32BrNO6. The lowest BCUT2D eigenvalue weighted by Gasteiger charge is -2.37. The number of allylic oxidation sites excluding steroid dienone is 3. The Morgan fingerprint density at radius 2 is 1.86 bits per heavy atom. The zero-order valence-electron chi connectivity index (χ0n) is 21.7. The summed E-state index contributed by atoms with van der Waals surface area (Å²) in [5.74, 6) is -0.184. The summed E-state index contributed by atoms with van der Waals surface area (Å²) in [5, 5.41) is 13.9. The van der Waals surface area contributed by atoms with Gasteiger partial charge in [0.05, 0.1) is 29.9 Å². The van der Waals surface area contributed by atoms with Crippen LogP contribution in [0.5, 0.6) is 17.2 Å². The second kappa shape index (κ2) is 11.0. The standard InChI is InChI=1S/C29H32BrNO6/c1-6-36-24-14-19(11-21(30)28(24)33)26-25(29(34)37-15(2)3)16(4)31-22-12-18(13-23(32)27(22)26)17-7-9-20(35-5)10-8-17/h7-11,14-15,18,26,31,33H,6,12-13H2,1-5H3/t18-,26+/m1/s1. The van der Waals surface area contributed by atoms with Crippen LogP contribution < -0.4 is 14.8 Å². The molecule has 0 unspecified atom stereocenters. The molecule has 8 heteroatoms. The zero-order chi connectivity index (χ0) is 26.9. The molecule has 2 aromatic carbocycles. The van der Waals surface area contributed by atoms with E-state index in [0.29, 0.717) is 46.3 Å². The van der Waals surface area contributed by atoms with Crippen LogP contribution in [0.2, 0.25) is 0 Å². The number of rotatable bonds is 7. The van der Waals surface area contributed by atoms with Crippen LogP contribution in [-0.2, 0) is 14.3 Å². The molecular weight excluding hydrogens is 538 g/mol. The van der Waals surface area contributed by atoms with Crippen molar-refractivity contribution in [1.82, 2.24) is 5.32 Å². The highest BCUT2D eigenvalue weighted by molar-refractivity contribution is 9.10. The van der Waals surface area contributed by atoms with Gasteiger partial charge in [0, 0.05) is 29.3 Å². The van der Waals surface area contributed by atoms with Crippen LogP contribution in [0.15, 0.2) is 63.4 Å². The van der Waals surface area contributed by atoms with Crippen molar-refractivity contribution in [1.29, 1.82) is 0 Å². The number of benzene rings is 2. The van der Waals surface area contributed by atoms with Crippen LogP contribution in [0, 0.1) is 0 Å². The molecule has 2 aliphatic rings. The first-order valence-electron chi connectivity index (χ1n) is 12.4. The van der Waals surface area contributed by atoms with Crippen molar-refractivity contribution in [3.63, 3.8) is 0 Å². The number of Topliss-reactive ketones (excluding diaryl/α,β-unsaturated/α-hetero) is 1. The molecule has 2 atom stereocenters. The third kappa shape index (κ3) is 5.39. The number of halogens is 1. The Bertz CT molecular complexity index is 1280. The average molecular weight is 570 g/mol. The second-order valence-electron chi connectivity index (χ2n) is 9.53. The van der Waals surface area contributed by atoms with Crippen molar-refractivity contribution < 1.29 is 28.9 Å². The monoisotopic (exact) mass is 569 g/mol. The number of methoxy groups -OCH3 is 1. The minimum absolute atomic E-state index is 0.00666. The van der Waals surface area contributed by atoms with E-state index in [1.54, 1.807) is 33.1 Å². The fraction of sp³-hybridized carbons (Fsp3) is 0.379. The summed E-state index contributed by atoms with van der Waals surface area (Å²) in [6.07, 6.45) is 0.605. The lowest BCUT2D eigenvalue weighted by atomic mass is 9.71. The SMILES string of the molecule is CCOc1cc([C@H]2C(C(=O)OC(C)C)=C(C)NC3=C2C(=O)C[C@H](c2ccc(OC)cc2)C3)cc(Br)c1O. The summed E-state index contributed by atoms with van der Waals surface area (Å²) in [6, 6.07) is 11.2. The minimum Gasteiger partial charge on any atom is -0.503 e. The molecule has 1 heterocycles. The normalized spacial score (nSPS) is 19.5. The summed E-state index contributed by atoms with van der Waals surface area (Å²) in [5.41, 5.74) is 4.07. The molecule has 0 aromatic heterocycles. The average Bonchev–Trinajstić information content (AvgIpc) is 2.85. The number of dihydropyridines is 1. The molecule has 1 aliphatic heterocycles. The van der Waals surface area contributed by atoms with Crippen LogP contribution in [0.25, 0.3) is 0 Å². The lowest BCUT2D eigenvalue weighted by molar-refractivity contribution is -0.143. The number of carbonyl (C=O) groups is 2. The number of ketones is 1. The third-order valence-corrected chi connectivity index (χ3v) is 7.27. The first-order chi connectivity index (χ1) is 17.6. The maximum Gasteiger partial charge on any atom is 0.337 e. The van der Waals surface area contributed by atoms with Crippen molar-refractivity contribution in [3.05, 3.63) is 74.5 Å². The fourth-order valence-corrected chi connectivity index (χ4v) is 5.52. The van der Waals surface area contributed by atoms with Crippen molar-refractivity contribution in [2.24, 2.45) is 0 Å². The molecule has 0 spiro atoms. The number of phenols is 1. The van der Waals surface area contributed by atoms with Crippen molar-refractivity contribution in [2.75, 3.05) is 13.7 Å². The molecule has 0 amide bonds. The van der Waals surface area contributed by atoms with Crippen molar-refractivity contribution in [2.45, 2.75) is 58.5 Å². The Hall–Kier alpha value is -3.26. The summed E-state index contributed by atoms with van der Waals surface area (Å²) in [7, 11) is 1.62. The van der Waals surface area contributed by atoms with E-state index < -0.39 is 11.9 Å². The summed E-state index contributed by atoms with van der Waals surface area (Å²) in [6.45, 7) is 7.58. The van der Waals surface area contributed by atoms with Crippen LogP contribution in [0.4, 0.5) is 0 Å². The molecule has 4 rings (SSSR count). The highest BCUT2D eigenvalue weighted by Crippen LogP contribution is 2.48. The molecule has 2 aromatic rings. The minimum atomic E-state index is -0.664. The summed E-state index contributed by atoms with van der Waals surface area (Å²) in [4.78, 5) is 27.1. The Balaban J connectivity index is 1.83. The van der Waals surface area contributed by atoms with Gasteiger partial charge in [0.25, 0.3) is 0 Å². The number of esters is 1. The van der Waals surface area contributed by atoms with Crippen molar-refractivity contribution >= 4 is 27.7 Å². The van der Waals surface area contributed by atoms with E-state index in [9.17, 15) is 14.7 Å². The van der Waals surface area contributed by atoms with E-state index in [-0.39, 0.29) is 29.3 Å². The van der Waals surface area contributed by atoms with E-state index in [1.165, 1.54) is 0 Å². The van der Waals surface area contributed by atoms with Gasteiger partial charge in [-0.3, -0.25) is 4.79 Å². The predicted molar refractivity (Wildman–Crippen MR) is 144 cm³/mol. The molecule has 1 aliphatic carbocycles. The van der Waals surface area contributed by atoms with Crippen molar-refractivity contribution in [3.8, 4) is 17.2 Å². The van der Waals surface area contributed by atoms with Gasteiger partial charge in [0.15, 0.2) is 17.3 Å². The smallest absolute Gasteiger partial charge is 0.337 e. The zero-order valence-corrected chi connectivity index (χ0v) is 23.3. The predicted octanol–water partition coefficient (Wildman–Crippen LogP) is 5.88. The molecule has 37 heavy (non-hydrogen) atoms. The van der Waals surface area contributed by atoms with E-state index in [2.05, 4.69) is 21.2 Å². The van der Waals surface area contributed by atoms with E-state index in [0.717, 1.165) is 17.0 Å². The molecule has 7 nitrogen and oxygen atoms in total. The number of phenolic OH excluding ortho intramolecular Hbond substituents is 1. The van der Waals surface area contributed by atoms with E-state index in [1.807, 2.05) is 38.1 Å². The topological polar surface area (TPSA) is 94.1 Å². The Labute approximate surface area is 225 Å². The first kappa shape index (κ1) is 26.8. The van der Waals surface area contributed by atoms with Gasteiger partial charge < -0.3 is 24.6 Å². The maximum absolute atomic E-state index is 13.8. The van der Waals surface area contributed by atoms with Gasteiger partial charge in [-0.25, -0.2) is 4.79 Å². The number of hydrogen-bond acceptors (Lipinski definition) is 7. The van der Waals surface area contributed by atoms with Crippen LogP contribution in [-0.4, -0.2) is 36.7 Å². The number of ether oxygens (including phenoxy) is 3. The third-order valence-electron chi connectivity index (χ3n) is 6.66. The molecule has 0 saturated carbocycles. The maximum atomic E-state index is 13.8. The molecule has 0 saturated heterocycles. The Morgan fingerprint density at radius 3 is 2.49 bits per heavy atom. The van der Waals surface area contributed by atoms with Gasteiger partial charge >= 0.3 is 5.97 Å². The molecule has 2 N–H and O–H groups in total. The second-order valence-corrected chi connectivity index (χ2v) is 10.4. The molecule has 0 fully saturated rings. The van der Waals surface area contributed by atoms with Crippen LogP contribution in [0.3, 0.4) is 0 Å². The number of carbonyl (C=O) groups excluding carboxylic acids is 2. The van der Waals surface area contributed by atoms with E-state index >= 15 is 0 Å². The Morgan fingerprint density at radius 1 is 1.16 bits per heavy atom. The van der Waals surface area contributed by atoms with Gasteiger partial charge in [0.2, 0.25) is 0 Å². The van der Waals surface area contributed by atoms with Gasteiger partial charge in [-0.15, -0.1) is 0 Å². The van der Waals surface area contributed by atoms with Gasteiger partial charge in [-0.2, -0.15) is 0 Å². The first-order valence-corrected chi connectivity index (χ1v) is 13.2. The van der Waals surface area contributed by atoms with E-state index in [4.69, 9.17) is 14.2 Å². The molecule has 0 bridgehead atoms. The summed E-state index contributed by atoms with van der Waals surface area (Å²) >= 11 is 3.41. The number of nitrogens with one attached hydrogen (secondary N) is 1. The number of hydrogen-bond donors (Lipinski definition) is 2. The largest absolute Gasteiger partial charge is 0.503 e. The van der Waals surface area contributed by atoms with Crippen LogP contribution in [0.1, 0.15) is 63.5 Å².